The van der Waals surface area contributed by atoms with Crippen LogP contribution in [0.5, 0.6) is 0 Å². The number of hydrogen-bond donors (Lipinski definition) is 4. The van der Waals surface area contributed by atoms with E-state index in [4.69, 9.17) is 11.5 Å². The largest absolute Gasteiger partial charge is 0.448 e. The van der Waals surface area contributed by atoms with E-state index in [1.807, 2.05) is 0 Å². The lowest BCUT2D eigenvalue weighted by Crippen LogP contribution is -2.37. The fourth-order valence-electron chi connectivity index (χ4n) is 2.17. The third-order valence-electron chi connectivity index (χ3n) is 3.56. The highest BCUT2D eigenvalue weighted by Gasteiger charge is 2.09. The molecule has 6 N–H and O–H groups in total. The maximum Gasteiger partial charge on any atom is 0.404 e. The molecule has 0 aliphatic heterocycles. The third-order valence-corrected chi connectivity index (χ3v) is 3.56. The summed E-state index contributed by atoms with van der Waals surface area (Å²) in [4.78, 5) is 42.5. The van der Waals surface area contributed by atoms with Crippen LogP contribution >= 0.6 is 0 Å². The molecule has 0 aromatic rings. The molecular weight excluding hydrogens is 344 g/mol. The number of unbranched alkanes of at least 4 members (excludes halogenated alkanes) is 5. The van der Waals surface area contributed by atoms with Gasteiger partial charge in [-0.15, -0.1) is 0 Å². The minimum absolute atomic E-state index is 0.0574. The molecule has 26 heavy (non-hydrogen) atoms. The van der Waals surface area contributed by atoms with Crippen LogP contribution in [-0.4, -0.2) is 63.1 Å². The molecule has 0 spiro atoms. The SMILES string of the molecule is NC(=O)OCC(C=O)NCCCCCCCCNC(C=O)COC(N)=O. The van der Waals surface area contributed by atoms with Crippen molar-refractivity contribution in [3.8, 4) is 0 Å². The fraction of sp³-hybridized carbons (Fsp3) is 0.750. The van der Waals surface area contributed by atoms with Gasteiger partial charge in [0.05, 0.1) is 12.1 Å². The Labute approximate surface area is 153 Å². The smallest absolute Gasteiger partial charge is 0.404 e. The minimum atomic E-state index is -0.895. The zero-order chi connectivity index (χ0) is 19.6. The molecule has 0 saturated carbocycles. The van der Waals surface area contributed by atoms with Gasteiger partial charge in [0.15, 0.2) is 0 Å². The average Bonchev–Trinajstić information content (AvgIpc) is 2.61. The molecule has 0 aliphatic carbocycles. The lowest BCUT2D eigenvalue weighted by molar-refractivity contribution is -0.111. The van der Waals surface area contributed by atoms with Crippen LogP contribution in [0.3, 0.4) is 0 Å². The van der Waals surface area contributed by atoms with Gasteiger partial charge in [0.1, 0.15) is 25.8 Å². The van der Waals surface area contributed by atoms with E-state index in [-0.39, 0.29) is 13.2 Å². The number of aldehydes is 2. The number of carbonyl (C=O) groups is 4. The Balaban J connectivity index is 3.47. The van der Waals surface area contributed by atoms with E-state index in [0.717, 1.165) is 38.5 Å². The van der Waals surface area contributed by atoms with Crippen LogP contribution in [0.1, 0.15) is 38.5 Å². The molecule has 0 bridgehead atoms. The monoisotopic (exact) mass is 374 g/mol. The van der Waals surface area contributed by atoms with Crippen molar-refractivity contribution in [3.05, 3.63) is 0 Å². The summed E-state index contributed by atoms with van der Waals surface area (Å²) >= 11 is 0. The van der Waals surface area contributed by atoms with Crippen LogP contribution in [0.4, 0.5) is 9.59 Å². The van der Waals surface area contributed by atoms with Gasteiger partial charge in [-0.1, -0.05) is 25.7 Å². The highest BCUT2D eigenvalue weighted by atomic mass is 16.5. The van der Waals surface area contributed by atoms with Crippen molar-refractivity contribution >= 4 is 24.8 Å². The van der Waals surface area contributed by atoms with Crippen molar-refractivity contribution in [2.75, 3.05) is 26.3 Å². The number of nitrogens with two attached hydrogens (primary N) is 2. The number of amides is 2. The van der Waals surface area contributed by atoms with Crippen LogP contribution in [0.25, 0.3) is 0 Å². The van der Waals surface area contributed by atoms with Crippen molar-refractivity contribution in [3.63, 3.8) is 0 Å². The topological polar surface area (TPSA) is 163 Å². The van der Waals surface area contributed by atoms with Crippen molar-refractivity contribution < 1.29 is 28.7 Å². The fourth-order valence-corrected chi connectivity index (χ4v) is 2.17. The van der Waals surface area contributed by atoms with Gasteiger partial charge in [-0.05, 0) is 25.9 Å². The summed E-state index contributed by atoms with van der Waals surface area (Å²) in [5.74, 6) is 0. The highest BCUT2D eigenvalue weighted by Crippen LogP contribution is 2.04. The summed E-state index contributed by atoms with van der Waals surface area (Å²) in [6, 6.07) is -1.06. The van der Waals surface area contributed by atoms with Gasteiger partial charge in [-0.2, -0.15) is 0 Å². The Morgan fingerprint density at radius 1 is 0.731 bits per heavy atom. The Morgan fingerprint density at radius 2 is 1.08 bits per heavy atom. The Kier molecular flexibility index (Phi) is 14.9. The number of nitrogens with one attached hydrogen (secondary N) is 2. The summed E-state index contributed by atoms with van der Waals surface area (Å²) in [6.07, 6.45) is 5.58. The minimum Gasteiger partial charge on any atom is -0.448 e. The molecular formula is C16H30N4O6. The van der Waals surface area contributed by atoms with Crippen molar-refractivity contribution in [1.82, 2.24) is 10.6 Å². The molecule has 0 radical (unpaired) electrons. The molecule has 0 aromatic carbocycles. The van der Waals surface area contributed by atoms with E-state index in [1.54, 1.807) is 0 Å². The molecule has 0 fully saturated rings. The first-order valence-electron chi connectivity index (χ1n) is 8.71. The van der Waals surface area contributed by atoms with Crippen molar-refractivity contribution in [2.24, 2.45) is 11.5 Å². The maximum absolute atomic E-state index is 10.8. The third kappa shape index (κ3) is 15.3. The molecule has 2 atom stereocenters. The van der Waals surface area contributed by atoms with Gasteiger partial charge in [0.25, 0.3) is 0 Å². The van der Waals surface area contributed by atoms with Gasteiger partial charge in [-0.25, -0.2) is 9.59 Å². The average molecular weight is 374 g/mol. The number of carbonyl (C=O) groups excluding carboxylic acids is 4. The Morgan fingerprint density at radius 3 is 1.38 bits per heavy atom. The predicted octanol–water partition coefficient (Wildman–Crippen LogP) is -0.168. The van der Waals surface area contributed by atoms with Gasteiger partial charge < -0.3 is 41.2 Å². The van der Waals surface area contributed by atoms with E-state index in [1.165, 1.54) is 0 Å². The van der Waals surface area contributed by atoms with E-state index in [0.29, 0.717) is 25.7 Å². The van der Waals surface area contributed by atoms with Crippen LogP contribution in [-0.2, 0) is 19.1 Å². The number of hydrogen-bond acceptors (Lipinski definition) is 8. The first-order valence-corrected chi connectivity index (χ1v) is 8.71. The normalized spacial score (nSPS) is 12.8. The van der Waals surface area contributed by atoms with Gasteiger partial charge in [0.2, 0.25) is 0 Å². The summed E-state index contributed by atoms with van der Waals surface area (Å²) in [7, 11) is 0. The van der Waals surface area contributed by atoms with Gasteiger partial charge >= 0.3 is 12.2 Å². The maximum atomic E-state index is 10.8. The van der Waals surface area contributed by atoms with Crippen LogP contribution in [0.2, 0.25) is 0 Å². The first-order chi connectivity index (χ1) is 12.5. The zero-order valence-electron chi connectivity index (χ0n) is 15.0. The molecule has 0 rings (SSSR count). The van der Waals surface area contributed by atoms with Crippen LogP contribution in [0.15, 0.2) is 0 Å². The van der Waals surface area contributed by atoms with E-state index >= 15 is 0 Å². The Hall–Kier alpha value is -2.20. The van der Waals surface area contributed by atoms with Gasteiger partial charge in [-0.3, -0.25) is 0 Å². The van der Waals surface area contributed by atoms with E-state index in [9.17, 15) is 19.2 Å². The van der Waals surface area contributed by atoms with E-state index in [2.05, 4.69) is 20.1 Å². The first kappa shape index (κ1) is 23.8. The lowest BCUT2D eigenvalue weighted by Gasteiger charge is -2.12. The van der Waals surface area contributed by atoms with Crippen LogP contribution in [0, 0.1) is 0 Å². The summed E-state index contributed by atoms with van der Waals surface area (Å²) in [5.41, 5.74) is 9.68. The van der Waals surface area contributed by atoms with Gasteiger partial charge in [0, 0.05) is 0 Å². The highest BCUT2D eigenvalue weighted by molar-refractivity contribution is 5.66. The predicted molar refractivity (Wildman–Crippen MR) is 94.5 cm³/mol. The second-order valence-electron chi connectivity index (χ2n) is 5.77. The summed E-state index contributed by atoms with van der Waals surface area (Å²) in [5, 5.41) is 5.97. The molecule has 2 amide bonds. The molecule has 10 nitrogen and oxygen atoms in total. The summed E-state index contributed by atoms with van der Waals surface area (Å²) < 4.78 is 9.13. The molecule has 0 saturated heterocycles. The number of rotatable bonds is 17. The molecule has 150 valence electrons. The van der Waals surface area contributed by atoms with Crippen molar-refractivity contribution in [1.29, 1.82) is 0 Å². The van der Waals surface area contributed by atoms with Crippen LogP contribution < -0.4 is 22.1 Å². The molecule has 0 aliphatic rings. The molecule has 10 heteroatoms. The summed E-state index contributed by atoms with van der Waals surface area (Å²) in [6.45, 7) is 1.21. The second kappa shape index (κ2) is 16.3. The van der Waals surface area contributed by atoms with Crippen molar-refractivity contribution in [2.45, 2.75) is 50.6 Å². The molecule has 2 unspecified atom stereocenters. The van der Waals surface area contributed by atoms with E-state index < -0.39 is 24.3 Å². The molecule has 0 heterocycles. The second-order valence-corrected chi connectivity index (χ2v) is 5.77. The Bertz CT molecular complexity index is 384. The molecule has 0 aromatic heterocycles. The lowest BCUT2D eigenvalue weighted by atomic mass is 10.1. The zero-order valence-corrected chi connectivity index (χ0v) is 15.0. The number of ether oxygens (including phenoxy) is 2. The quantitative estimate of drug-likeness (QED) is 0.201. The number of primary amides is 2. The standard InChI is InChI=1S/C16H30N4O6/c17-15(23)25-11-13(9-21)19-7-5-3-1-2-4-6-8-20-14(10-22)12-26-16(18)24/h9-10,13-14,19-20H,1-8,11-12H2,(H2,17,23)(H2,18,24).